The largest absolute Gasteiger partial charge is 0.493 e. The molecular weight excluding hydrogens is 688 g/mol. The van der Waals surface area contributed by atoms with Gasteiger partial charge >= 0.3 is 11.9 Å². The van der Waals surface area contributed by atoms with E-state index >= 15 is 4.39 Å². The van der Waals surface area contributed by atoms with Gasteiger partial charge < -0.3 is 29.1 Å². The lowest BCUT2D eigenvalue weighted by atomic mass is 10.1. The van der Waals surface area contributed by atoms with E-state index < -0.39 is 45.9 Å². The number of aromatic hydroxyl groups is 1. The highest BCUT2D eigenvalue weighted by molar-refractivity contribution is 5.88. The predicted octanol–water partition coefficient (Wildman–Crippen LogP) is 5.51. The minimum Gasteiger partial charge on any atom is -0.493 e. The SMILES string of the molecule is COc1cc2c(Oc3ccc(N=Cc4c(O)n(-c5ccccc5C(F)(F)F)c(=O)[nH]c4=O)cc3F)ccnc2cc1OCCCN1CCN(C)CC1. The third kappa shape index (κ3) is 7.92. The Labute approximate surface area is 294 Å². The van der Waals surface area contributed by atoms with Crippen LogP contribution in [0.2, 0.25) is 0 Å². The first-order valence-corrected chi connectivity index (χ1v) is 16.2. The summed E-state index contributed by atoms with van der Waals surface area (Å²) in [5.41, 5.74) is -4.49. The number of rotatable bonds is 11. The van der Waals surface area contributed by atoms with E-state index in [1.54, 1.807) is 18.2 Å². The number of pyridine rings is 1. The Bertz CT molecular complexity index is 2230. The monoisotopic (exact) mass is 722 g/mol. The third-order valence-electron chi connectivity index (χ3n) is 8.51. The molecule has 5 aromatic rings. The van der Waals surface area contributed by atoms with Crippen molar-refractivity contribution in [2.75, 3.05) is 53.5 Å². The van der Waals surface area contributed by atoms with E-state index in [9.17, 15) is 27.9 Å². The number of hydrogen-bond acceptors (Lipinski definition) is 10. The molecule has 2 aromatic heterocycles. The second kappa shape index (κ2) is 15.2. The van der Waals surface area contributed by atoms with E-state index in [1.807, 2.05) is 4.98 Å². The Hall–Kier alpha value is -5.74. The normalized spacial score (nSPS) is 14.3. The van der Waals surface area contributed by atoms with Crippen LogP contribution in [0.1, 0.15) is 17.5 Å². The summed E-state index contributed by atoms with van der Waals surface area (Å²) < 4.78 is 74.1. The summed E-state index contributed by atoms with van der Waals surface area (Å²) in [5.74, 6) is -0.869. The number of piperazine rings is 1. The van der Waals surface area contributed by atoms with Crippen molar-refractivity contribution in [1.29, 1.82) is 0 Å². The standard InChI is InChI=1S/C36H34F4N6O6/c1-44-13-15-45(16-14-44)12-5-17-51-32-20-27-23(19-31(32)50-2)29(10-11-41-27)52-30-9-8-22(18-26(30)37)42-21-24-33(47)43-35(49)46(34(24)48)28-7-4-3-6-25(28)36(38,39)40/h3-4,6-11,18-21,48H,5,12-17H2,1-2H3,(H,43,47,49). The first-order chi connectivity index (χ1) is 24.9. The summed E-state index contributed by atoms with van der Waals surface area (Å²) in [5, 5.41) is 11.3. The number of nitrogens with one attached hydrogen (secondary N) is 1. The zero-order valence-corrected chi connectivity index (χ0v) is 28.1. The molecule has 1 aliphatic heterocycles. The van der Waals surface area contributed by atoms with Gasteiger partial charge in [0.2, 0.25) is 5.88 Å². The Morgan fingerprint density at radius 3 is 2.48 bits per heavy atom. The van der Waals surface area contributed by atoms with Crippen LogP contribution in [0.5, 0.6) is 28.9 Å². The summed E-state index contributed by atoms with van der Waals surface area (Å²) in [6, 6.07) is 12.6. The van der Waals surface area contributed by atoms with Crippen molar-refractivity contribution in [1.82, 2.24) is 24.3 Å². The van der Waals surface area contributed by atoms with E-state index in [2.05, 4.69) is 26.8 Å². The molecule has 1 fully saturated rings. The van der Waals surface area contributed by atoms with Crippen molar-refractivity contribution in [2.45, 2.75) is 12.6 Å². The lowest BCUT2D eigenvalue weighted by Gasteiger charge is -2.32. The van der Waals surface area contributed by atoms with Crippen molar-refractivity contribution < 1.29 is 36.9 Å². The number of halogens is 4. The number of alkyl halides is 3. The van der Waals surface area contributed by atoms with Crippen molar-refractivity contribution in [3.8, 4) is 34.6 Å². The molecule has 0 radical (unpaired) electrons. The highest BCUT2D eigenvalue weighted by Gasteiger charge is 2.35. The lowest BCUT2D eigenvalue weighted by Crippen LogP contribution is -2.44. The van der Waals surface area contributed by atoms with Crippen LogP contribution < -0.4 is 25.5 Å². The molecule has 0 bridgehead atoms. The average molecular weight is 723 g/mol. The van der Waals surface area contributed by atoms with E-state index in [4.69, 9.17) is 14.2 Å². The summed E-state index contributed by atoms with van der Waals surface area (Å²) in [4.78, 5) is 40.0. The molecule has 2 N–H and O–H groups in total. The van der Waals surface area contributed by atoms with Gasteiger partial charge in [-0.3, -0.25) is 19.8 Å². The van der Waals surface area contributed by atoms with Crippen LogP contribution in [-0.4, -0.2) is 89.1 Å². The zero-order valence-electron chi connectivity index (χ0n) is 28.1. The van der Waals surface area contributed by atoms with Gasteiger partial charge in [0.15, 0.2) is 23.1 Å². The van der Waals surface area contributed by atoms with Crippen LogP contribution in [0.3, 0.4) is 0 Å². The fraction of sp³-hybridized carbons (Fsp3) is 0.278. The molecule has 0 amide bonds. The number of aliphatic imine (C=N–C) groups is 1. The zero-order chi connectivity index (χ0) is 37.0. The second-order valence-corrected chi connectivity index (χ2v) is 12.0. The molecule has 0 spiro atoms. The summed E-state index contributed by atoms with van der Waals surface area (Å²) in [7, 11) is 3.63. The maximum Gasteiger partial charge on any atom is 0.418 e. The second-order valence-electron chi connectivity index (χ2n) is 12.0. The van der Waals surface area contributed by atoms with Gasteiger partial charge in [-0.2, -0.15) is 13.2 Å². The quantitative estimate of drug-likeness (QED) is 0.103. The maximum absolute atomic E-state index is 15.3. The number of aromatic amines is 1. The minimum atomic E-state index is -4.87. The molecule has 0 aliphatic carbocycles. The van der Waals surface area contributed by atoms with Crippen LogP contribution in [0.25, 0.3) is 16.6 Å². The maximum atomic E-state index is 15.3. The van der Waals surface area contributed by atoms with Crippen LogP contribution in [0.4, 0.5) is 23.2 Å². The van der Waals surface area contributed by atoms with E-state index in [0.717, 1.165) is 69.6 Å². The number of ether oxygens (including phenoxy) is 3. The van der Waals surface area contributed by atoms with Crippen LogP contribution in [-0.2, 0) is 6.18 Å². The molecule has 1 aliphatic rings. The van der Waals surface area contributed by atoms with Crippen molar-refractivity contribution in [3.05, 3.63) is 105 Å². The molecule has 12 nitrogen and oxygen atoms in total. The predicted molar refractivity (Wildman–Crippen MR) is 185 cm³/mol. The molecule has 16 heteroatoms. The Balaban J connectivity index is 1.19. The van der Waals surface area contributed by atoms with Gasteiger partial charge in [-0.05, 0) is 49.9 Å². The number of methoxy groups -OCH3 is 1. The minimum absolute atomic E-state index is 0.0345. The number of benzene rings is 3. The van der Waals surface area contributed by atoms with Crippen LogP contribution in [0.15, 0.2) is 81.4 Å². The summed E-state index contributed by atoms with van der Waals surface area (Å²) >= 11 is 0. The van der Waals surface area contributed by atoms with Crippen molar-refractivity contribution in [2.24, 2.45) is 4.99 Å². The van der Waals surface area contributed by atoms with Gasteiger partial charge in [0.05, 0.1) is 36.2 Å². The van der Waals surface area contributed by atoms with Crippen molar-refractivity contribution >= 4 is 22.8 Å². The molecule has 1 saturated heterocycles. The number of fused-ring (bicyclic) bond motifs is 1. The fourth-order valence-corrected chi connectivity index (χ4v) is 5.73. The third-order valence-corrected chi connectivity index (χ3v) is 8.51. The van der Waals surface area contributed by atoms with E-state index in [-0.39, 0.29) is 17.2 Å². The lowest BCUT2D eigenvalue weighted by molar-refractivity contribution is -0.137. The van der Waals surface area contributed by atoms with E-state index in [0.29, 0.717) is 33.6 Å². The number of para-hydroxylation sites is 1. The number of likely N-dealkylation sites (N-methyl/N-ethyl adjacent to an activating group) is 1. The molecule has 0 atom stereocenters. The molecule has 3 aromatic carbocycles. The number of nitrogens with zero attached hydrogens (tertiary/aromatic N) is 5. The smallest absolute Gasteiger partial charge is 0.418 e. The van der Waals surface area contributed by atoms with Crippen molar-refractivity contribution in [3.63, 3.8) is 0 Å². The molecule has 272 valence electrons. The van der Waals surface area contributed by atoms with Gasteiger partial charge in [0.1, 0.15) is 11.3 Å². The molecule has 6 rings (SSSR count). The highest BCUT2D eigenvalue weighted by Crippen LogP contribution is 2.38. The van der Waals surface area contributed by atoms with Gasteiger partial charge in [-0.1, -0.05) is 12.1 Å². The summed E-state index contributed by atoms with van der Waals surface area (Å²) in [6.07, 6.45) is -1.72. The number of hydrogen-bond donors (Lipinski definition) is 2. The number of aromatic nitrogens is 3. The number of H-pyrrole nitrogens is 1. The Kier molecular flexibility index (Phi) is 10.6. The van der Waals surface area contributed by atoms with Gasteiger partial charge in [-0.15, -0.1) is 0 Å². The molecule has 3 heterocycles. The first-order valence-electron chi connectivity index (χ1n) is 16.2. The topological polar surface area (TPSA) is 135 Å². The Morgan fingerprint density at radius 2 is 1.75 bits per heavy atom. The fourth-order valence-electron chi connectivity index (χ4n) is 5.73. The summed E-state index contributed by atoms with van der Waals surface area (Å²) in [6.45, 7) is 5.53. The molecule has 0 unspecified atom stereocenters. The van der Waals surface area contributed by atoms with Gasteiger partial charge in [0, 0.05) is 62.7 Å². The first kappa shape index (κ1) is 36.1. The van der Waals surface area contributed by atoms with Crippen LogP contribution >= 0.6 is 0 Å². The van der Waals surface area contributed by atoms with Crippen LogP contribution in [0, 0.1) is 5.82 Å². The highest BCUT2D eigenvalue weighted by atomic mass is 19.4. The molecule has 52 heavy (non-hydrogen) atoms. The Morgan fingerprint density at radius 1 is 0.981 bits per heavy atom. The molecular formula is C36H34F4N6O6. The van der Waals surface area contributed by atoms with Gasteiger partial charge in [0.25, 0.3) is 5.56 Å². The average Bonchev–Trinajstić information content (AvgIpc) is 3.11. The molecule has 0 saturated carbocycles. The van der Waals surface area contributed by atoms with Gasteiger partial charge in [-0.25, -0.2) is 13.8 Å². The van der Waals surface area contributed by atoms with E-state index in [1.165, 1.54) is 31.5 Å².